The van der Waals surface area contributed by atoms with Crippen LogP contribution >= 0.6 is 0 Å². The van der Waals surface area contributed by atoms with Gasteiger partial charge in [0.1, 0.15) is 5.75 Å². The molecule has 1 aliphatic rings. The zero-order valence-corrected chi connectivity index (χ0v) is 14.1. The Kier molecular flexibility index (Phi) is 5.67. The molecule has 1 saturated heterocycles. The van der Waals surface area contributed by atoms with Crippen molar-refractivity contribution in [3.05, 3.63) is 60.7 Å². The van der Waals surface area contributed by atoms with Gasteiger partial charge in [-0.15, -0.1) is 0 Å². The lowest BCUT2D eigenvalue weighted by molar-refractivity contribution is -0.136. The number of anilines is 1. The topological polar surface area (TPSA) is 58.6 Å². The van der Waals surface area contributed by atoms with Crippen molar-refractivity contribution in [1.82, 2.24) is 4.90 Å². The summed E-state index contributed by atoms with van der Waals surface area (Å²) in [6.45, 7) is 1.11. The highest BCUT2D eigenvalue weighted by atomic mass is 16.5. The van der Waals surface area contributed by atoms with Gasteiger partial charge in [-0.05, 0) is 37.1 Å². The zero-order chi connectivity index (χ0) is 17.5. The number of carbonyl (C=O) groups excluding carboxylic acids is 2. The Bertz CT molecular complexity index is 703. The number of nitrogens with one attached hydrogen (secondary N) is 1. The van der Waals surface area contributed by atoms with Crippen molar-refractivity contribution >= 4 is 17.5 Å². The summed E-state index contributed by atoms with van der Waals surface area (Å²) in [4.78, 5) is 26.5. The minimum Gasteiger partial charge on any atom is -0.484 e. The molecule has 1 aliphatic heterocycles. The second kappa shape index (κ2) is 8.33. The number of amides is 2. The first kappa shape index (κ1) is 17.0. The Morgan fingerprint density at radius 2 is 1.72 bits per heavy atom. The van der Waals surface area contributed by atoms with Gasteiger partial charge in [0.25, 0.3) is 5.91 Å². The molecule has 0 aliphatic carbocycles. The van der Waals surface area contributed by atoms with Gasteiger partial charge in [-0.3, -0.25) is 9.59 Å². The number of para-hydroxylation sites is 2. The minimum atomic E-state index is -0.186. The largest absolute Gasteiger partial charge is 0.484 e. The van der Waals surface area contributed by atoms with Gasteiger partial charge in [0, 0.05) is 18.8 Å². The number of hydrogen-bond acceptors (Lipinski definition) is 3. The van der Waals surface area contributed by atoms with Gasteiger partial charge in [-0.25, -0.2) is 0 Å². The summed E-state index contributed by atoms with van der Waals surface area (Å²) in [5, 5.41) is 2.92. The lowest BCUT2D eigenvalue weighted by atomic mass is 9.97. The third-order valence-electron chi connectivity index (χ3n) is 4.29. The summed E-state index contributed by atoms with van der Waals surface area (Å²) >= 11 is 0. The number of nitrogens with zero attached hydrogens (tertiary/aromatic N) is 1. The summed E-state index contributed by atoms with van der Waals surface area (Å²) in [7, 11) is 0. The van der Waals surface area contributed by atoms with Crippen LogP contribution in [0.25, 0.3) is 0 Å². The molecule has 5 nitrogen and oxygen atoms in total. The Balaban J connectivity index is 1.51. The van der Waals surface area contributed by atoms with Crippen molar-refractivity contribution < 1.29 is 14.3 Å². The van der Waals surface area contributed by atoms with E-state index in [1.165, 1.54) is 0 Å². The third kappa shape index (κ3) is 4.83. The molecule has 0 spiro atoms. The molecule has 0 unspecified atom stereocenters. The predicted octanol–water partition coefficient (Wildman–Crippen LogP) is 2.94. The predicted molar refractivity (Wildman–Crippen MR) is 96.3 cm³/mol. The van der Waals surface area contributed by atoms with Crippen LogP contribution in [0, 0.1) is 5.92 Å². The van der Waals surface area contributed by atoms with E-state index in [0.29, 0.717) is 18.8 Å². The number of hydrogen-bond donors (Lipinski definition) is 1. The van der Waals surface area contributed by atoms with E-state index in [1.54, 1.807) is 4.90 Å². The van der Waals surface area contributed by atoms with Gasteiger partial charge in [-0.1, -0.05) is 36.4 Å². The minimum absolute atomic E-state index is 0.00294. The molecule has 2 aromatic rings. The van der Waals surface area contributed by atoms with E-state index >= 15 is 0 Å². The summed E-state index contributed by atoms with van der Waals surface area (Å²) in [6.07, 6.45) is 1.62. The van der Waals surface area contributed by atoms with E-state index in [9.17, 15) is 9.59 Å². The smallest absolute Gasteiger partial charge is 0.260 e. The van der Waals surface area contributed by atoms with Gasteiger partial charge < -0.3 is 15.0 Å². The van der Waals surface area contributed by atoms with Gasteiger partial charge in [0.05, 0.1) is 5.92 Å². The highest BCUT2D eigenvalue weighted by Crippen LogP contribution is 2.19. The monoisotopic (exact) mass is 338 g/mol. The fourth-order valence-electron chi connectivity index (χ4n) is 2.94. The molecule has 1 N–H and O–H groups in total. The molecule has 1 atom stereocenters. The van der Waals surface area contributed by atoms with Crippen molar-refractivity contribution in [2.75, 3.05) is 25.0 Å². The maximum atomic E-state index is 12.4. The van der Waals surface area contributed by atoms with Gasteiger partial charge >= 0.3 is 0 Å². The maximum Gasteiger partial charge on any atom is 0.260 e. The molecule has 2 amide bonds. The Hall–Kier alpha value is -2.82. The lowest BCUT2D eigenvalue weighted by Gasteiger charge is -2.32. The molecule has 130 valence electrons. The van der Waals surface area contributed by atoms with Crippen molar-refractivity contribution in [3.8, 4) is 5.75 Å². The molecule has 1 fully saturated rings. The van der Waals surface area contributed by atoms with E-state index in [4.69, 9.17) is 4.74 Å². The molecule has 0 saturated carbocycles. The Morgan fingerprint density at radius 1 is 1.04 bits per heavy atom. The summed E-state index contributed by atoms with van der Waals surface area (Å²) in [5.41, 5.74) is 0.781. The lowest BCUT2D eigenvalue weighted by Crippen LogP contribution is -2.45. The first-order valence-corrected chi connectivity index (χ1v) is 8.54. The number of carbonyl (C=O) groups is 2. The quantitative estimate of drug-likeness (QED) is 0.912. The summed E-state index contributed by atoms with van der Waals surface area (Å²) in [5.74, 6) is 0.370. The molecular formula is C20H22N2O3. The van der Waals surface area contributed by atoms with Crippen LogP contribution < -0.4 is 10.1 Å². The van der Waals surface area contributed by atoms with Crippen molar-refractivity contribution in [2.45, 2.75) is 12.8 Å². The molecule has 2 aromatic carbocycles. The highest BCUT2D eigenvalue weighted by Gasteiger charge is 2.28. The van der Waals surface area contributed by atoms with E-state index in [0.717, 1.165) is 18.5 Å². The normalized spacial score (nSPS) is 17.0. The van der Waals surface area contributed by atoms with Gasteiger partial charge in [0.2, 0.25) is 5.91 Å². The first-order chi connectivity index (χ1) is 12.2. The molecular weight excluding hydrogens is 316 g/mol. The molecule has 0 aromatic heterocycles. The van der Waals surface area contributed by atoms with E-state index in [2.05, 4.69) is 5.32 Å². The number of ether oxygens (including phenoxy) is 1. The standard InChI is InChI=1S/C20H22N2O3/c23-19(15-25-18-11-5-2-6-12-18)22-13-7-8-16(14-22)20(24)21-17-9-3-1-4-10-17/h1-6,9-12,16H,7-8,13-15H2,(H,21,24)/t16-/m0/s1. The van der Waals surface area contributed by atoms with Crippen LogP contribution in [0.15, 0.2) is 60.7 Å². The van der Waals surface area contributed by atoms with Crippen LogP contribution in [0.1, 0.15) is 12.8 Å². The fraction of sp³-hybridized carbons (Fsp3) is 0.300. The van der Waals surface area contributed by atoms with Crippen LogP contribution in [-0.4, -0.2) is 36.4 Å². The Morgan fingerprint density at radius 3 is 2.44 bits per heavy atom. The molecule has 25 heavy (non-hydrogen) atoms. The van der Waals surface area contributed by atoms with Crippen LogP contribution in [0.2, 0.25) is 0 Å². The number of likely N-dealkylation sites (tertiary alicyclic amines) is 1. The molecule has 5 heteroatoms. The van der Waals surface area contributed by atoms with Gasteiger partial charge in [0.15, 0.2) is 6.61 Å². The molecule has 1 heterocycles. The van der Waals surface area contributed by atoms with Crippen LogP contribution in [-0.2, 0) is 9.59 Å². The molecule has 3 rings (SSSR count). The first-order valence-electron chi connectivity index (χ1n) is 8.54. The van der Waals surface area contributed by atoms with E-state index < -0.39 is 0 Å². The maximum absolute atomic E-state index is 12.4. The van der Waals surface area contributed by atoms with E-state index in [1.807, 2.05) is 60.7 Å². The van der Waals surface area contributed by atoms with Crippen LogP contribution in [0.3, 0.4) is 0 Å². The van der Waals surface area contributed by atoms with Crippen LogP contribution in [0.4, 0.5) is 5.69 Å². The second-order valence-electron chi connectivity index (χ2n) is 6.14. The molecule has 0 radical (unpaired) electrons. The summed E-state index contributed by atoms with van der Waals surface area (Å²) < 4.78 is 5.52. The number of piperidine rings is 1. The third-order valence-corrected chi connectivity index (χ3v) is 4.29. The van der Waals surface area contributed by atoms with Gasteiger partial charge in [-0.2, -0.15) is 0 Å². The number of benzene rings is 2. The van der Waals surface area contributed by atoms with E-state index in [-0.39, 0.29) is 24.3 Å². The fourth-order valence-corrected chi connectivity index (χ4v) is 2.94. The highest BCUT2D eigenvalue weighted by molar-refractivity contribution is 5.93. The number of rotatable bonds is 5. The van der Waals surface area contributed by atoms with Crippen molar-refractivity contribution in [3.63, 3.8) is 0 Å². The second-order valence-corrected chi connectivity index (χ2v) is 6.14. The van der Waals surface area contributed by atoms with Crippen molar-refractivity contribution in [2.24, 2.45) is 5.92 Å². The zero-order valence-electron chi connectivity index (χ0n) is 14.1. The average Bonchev–Trinajstić information content (AvgIpc) is 2.68. The van der Waals surface area contributed by atoms with Crippen molar-refractivity contribution in [1.29, 1.82) is 0 Å². The Labute approximate surface area is 147 Å². The molecule has 0 bridgehead atoms. The van der Waals surface area contributed by atoms with Crippen LogP contribution in [0.5, 0.6) is 5.75 Å². The average molecular weight is 338 g/mol. The summed E-state index contributed by atoms with van der Waals surface area (Å²) in [6, 6.07) is 18.7. The SMILES string of the molecule is O=C(Nc1ccccc1)[C@H]1CCCN(C(=O)COc2ccccc2)C1.